The first-order chi connectivity index (χ1) is 8.72. The van der Waals surface area contributed by atoms with Gasteiger partial charge in [0.25, 0.3) is 0 Å². The minimum Gasteiger partial charge on any atom is -0.481 e. The molecule has 0 aromatic heterocycles. The van der Waals surface area contributed by atoms with Crippen molar-refractivity contribution >= 4 is 12.3 Å². The molecule has 2 aliphatic carbocycles. The number of hydrogen-bond donors (Lipinski definition) is 1. The maximum Gasteiger partial charge on any atom is 0.303 e. The van der Waals surface area contributed by atoms with Gasteiger partial charge in [-0.05, 0) is 49.9 Å². The molecule has 0 spiro atoms. The number of carboxylic acids is 1. The van der Waals surface area contributed by atoms with Crippen LogP contribution in [0.15, 0.2) is 0 Å². The van der Waals surface area contributed by atoms with Crippen molar-refractivity contribution in [3.63, 3.8) is 0 Å². The molecule has 4 atom stereocenters. The van der Waals surface area contributed by atoms with Crippen LogP contribution in [0.5, 0.6) is 0 Å². The first kappa shape index (κ1) is 13.6. The summed E-state index contributed by atoms with van der Waals surface area (Å²) in [6.45, 7) is 0. The van der Waals surface area contributed by atoms with Crippen LogP contribution in [0.4, 0.5) is 0 Å². The third kappa shape index (κ3) is 3.12. The summed E-state index contributed by atoms with van der Waals surface area (Å²) >= 11 is 0. The standard InChI is InChI=1S/C15H24O3/c16-10-14-12-8-7-11(9-12)13(14)5-3-1-2-4-6-15(17)18/h10-14H,1-9H2,(H,17,18). The molecule has 0 aromatic carbocycles. The molecule has 0 heterocycles. The zero-order valence-corrected chi connectivity index (χ0v) is 11.0. The molecule has 18 heavy (non-hydrogen) atoms. The molecule has 0 saturated heterocycles. The van der Waals surface area contributed by atoms with Gasteiger partial charge in [0.1, 0.15) is 6.29 Å². The van der Waals surface area contributed by atoms with Gasteiger partial charge in [-0.1, -0.05) is 19.3 Å². The molecule has 0 aliphatic heterocycles. The van der Waals surface area contributed by atoms with E-state index in [2.05, 4.69) is 0 Å². The Morgan fingerprint density at radius 2 is 1.83 bits per heavy atom. The number of unbranched alkanes of at least 4 members (excludes halogenated alkanes) is 3. The normalized spacial score (nSPS) is 33.8. The summed E-state index contributed by atoms with van der Waals surface area (Å²) < 4.78 is 0. The van der Waals surface area contributed by atoms with Crippen LogP contribution in [0.25, 0.3) is 0 Å². The van der Waals surface area contributed by atoms with Gasteiger partial charge in [-0.25, -0.2) is 0 Å². The second-order valence-electron chi connectivity index (χ2n) is 6.06. The van der Waals surface area contributed by atoms with Gasteiger partial charge in [-0.3, -0.25) is 4.79 Å². The maximum atomic E-state index is 11.2. The quantitative estimate of drug-likeness (QED) is 0.533. The van der Waals surface area contributed by atoms with Crippen molar-refractivity contribution in [1.29, 1.82) is 0 Å². The Morgan fingerprint density at radius 3 is 2.56 bits per heavy atom. The summed E-state index contributed by atoms with van der Waals surface area (Å²) in [5.41, 5.74) is 0. The van der Waals surface area contributed by atoms with Crippen LogP contribution in [0.1, 0.15) is 57.8 Å². The van der Waals surface area contributed by atoms with Gasteiger partial charge >= 0.3 is 5.97 Å². The number of carbonyl (C=O) groups excluding carboxylic acids is 1. The summed E-state index contributed by atoms with van der Waals surface area (Å²) in [5, 5.41) is 8.54. The number of aliphatic carboxylic acids is 1. The van der Waals surface area contributed by atoms with Crippen LogP contribution in [-0.2, 0) is 9.59 Å². The number of carboxylic acid groups (broad SMARTS) is 1. The number of rotatable bonds is 8. The summed E-state index contributed by atoms with van der Waals surface area (Å²) in [5.74, 6) is 1.78. The lowest BCUT2D eigenvalue weighted by molar-refractivity contribution is -0.137. The largest absolute Gasteiger partial charge is 0.481 e. The van der Waals surface area contributed by atoms with Crippen molar-refractivity contribution in [3.8, 4) is 0 Å². The lowest BCUT2D eigenvalue weighted by Crippen LogP contribution is -2.23. The van der Waals surface area contributed by atoms with E-state index in [0.717, 1.165) is 31.6 Å². The Kier molecular flexibility index (Phi) is 4.79. The minimum absolute atomic E-state index is 0.297. The van der Waals surface area contributed by atoms with Crippen LogP contribution in [0.2, 0.25) is 0 Å². The van der Waals surface area contributed by atoms with E-state index >= 15 is 0 Å². The summed E-state index contributed by atoms with van der Waals surface area (Å²) in [6.07, 6.45) is 10.7. The molecule has 3 heteroatoms. The van der Waals surface area contributed by atoms with Crippen LogP contribution in [-0.4, -0.2) is 17.4 Å². The molecule has 2 rings (SSSR count). The first-order valence-corrected chi connectivity index (χ1v) is 7.39. The van der Waals surface area contributed by atoms with Crippen molar-refractivity contribution in [3.05, 3.63) is 0 Å². The van der Waals surface area contributed by atoms with E-state index in [0.29, 0.717) is 24.2 Å². The lowest BCUT2D eigenvalue weighted by atomic mass is 9.77. The van der Waals surface area contributed by atoms with E-state index in [9.17, 15) is 9.59 Å². The molecule has 102 valence electrons. The van der Waals surface area contributed by atoms with E-state index in [-0.39, 0.29) is 0 Å². The Hall–Kier alpha value is -0.860. The zero-order valence-electron chi connectivity index (χ0n) is 11.0. The molecular formula is C15H24O3. The Bertz CT molecular complexity index is 300. The Balaban J connectivity index is 1.61. The summed E-state index contributed by atoms with van der Waals surface area (Å²) in [4.78, 5) is 21.5. The van der Waals surface area contributed by atoms with Gasteiger partial charge in [-0.15, -0.1) is 0 Å². The maximum absolute atomic E-state index is 11.2. The van der Waals surface area contributed by atoms with Gasteiger partial charge in [0.15, 0.2) is 0 Å². The van der Waals surface area contributed by atoms with Crippen LogP contribution < -0.4 is 0 Å². The van der Waals surface area contributed by atoms with E-state index in [1.54, 1.807) is 0 Å². The molecule has 2 saturated carbocycles. The number of fused-ring (bicyclic) bond motifs is 2. The predicted octanol–water partition coefficient (Wildman–Crippen LogP) is 3.27. The fourth-order valence-electron chi connectivity index (χ4n) is 4.11. The fourth-order valence-corrected chi connectivity index (χ4v) is 4.11. The number of carbonyl (C=O) groups is 2. The van der Waals surface area contributed by atoms with Gasteiger partial charge in [-0.2, -0.15) is 0 Å². The molecule has 3 nitrogen and oxygen atoms in total. The van der Waals surface area contributed by atoms with Crippen molar-refractivity contribution in [1.82, 2.24) is 0 Å². The highest BCUT2D eigenvalue weighted by molar-refractivity contribution is 5.66. The molecule has 1 N–H and O–H groups in total. The van der Waals surface area contributed by atoms with Gasteiger partial charge in [0.05, 0.1) is 0 Å². The average molecular weight is 252 g/mol. The number of aldehydes is 1. The van der Waals surface area contributed by atoms with Crippen molar-refractivity contribution in [2.45, 2.75) is 57.8 Å². The van der Waals surface area contributed by atoms with E-state index in [1.165, 1.54) is 32.0 Å². The summed E-state index contributed by atoms with van der Waals surface area (Å²) in [6, 6.07) is 0. The molecule has 2 bridgehead atoms. The molecule has 0 aromatic rings. The highest BCUT2D eigenvalue weighted by Crippen LogP contribution is 2.53. The zero-order chi connectivity index (χ0) is 13.0. The fraction of sp³-hybridized carbons (Fsp3) is 0.867. The topological polar surface area (TPSA) is 54.4 Å². The summed E-state index contributed by atoms with van der Waals surface area (Å²) in [7, 11) is 0. The minimum atomic E-state index is -0.691. The second-order valence-corrected chi connectivity index (χ2v) is 6.06. The predicted molar refractivity (Wildman–Crippen MR) is 69.2 cm³/mol. The molecule has 4 unspecified atom stereocenters. The first-order valence-electron chi connectivity index (χ1n) is 7.39. The van der Waals surface area contributed by atoms with Gasteiger partial charge in [0, 0.05) is 12.3 Å². The average Bonchev–Trinajstić information content (AvgIpc) is 2.93. The molecule has 0 radical (unpaired) electrons. The third-order valence-corrected chi connectivity index (χ3v) is 4.99. The van der Waals surface area contributed by atoms with E-state index in [1.807, 2.05) is 0 Å². The molecule has 2 fully saturated rings. The second kappa shape index (κ2) is 6.35. The van der Waals surface area contributed by atoms with Gasteiger partial charge in [0.2, 0.25) is 0 Å². The van der Waals surface area contributed by atoms with E-state index in [4.69, 9.17) is 5.11 Å². The number of hydrogen-bond acceptors (Lipinski definition) is 2. The highest BCUT2D eigenvalue weighted by Gasteiger charge is 2.46. The smallest absolute Gasteiger partial charge is 0.303 e. The molecule has 2 aliphatic rings. The van der Waals surface area contributed by atoms with Crippen molar-refractivity contribution in [2.75, 3.05) is 0 Å². The molecule has 0 amide bonds. The Labute approximate surface area is 109 Å². The monoisotopic (exact) mass is 252 g/mol. The van der Waals surface area contributed by atoms with Gasteiger partial charge < -0.3 is 9.90 Å². The highest BCUT2D eigenvalue weighted by atomic mass is 16.4. The van der Waals surface area contributed by atoms with Crippen LogP contribution >= 0.6 is 0 Å². The third-order valence-electron chi connectivity index (χ3n) is 4.99. The van der Waals surface area contributed by atoms with Crippen LogP contribution in [0, 0.1) is 23.7 Å². The van der Waals surface area contributed by atoms with Crippen molar-refractivity contribution in [2.24, 2.45) is 23.7 Å². The molecular weight excluding hydrogens is 228 g/mol. The van der Waals surface area contributed by atoms with E-state index < -0.39 is 5.97 Å². The Morgan fingerprint density at radius 1 is 1.11 bits per heavy atom. The van der Waals surface area contributed by atoms with Crippen molar-refractivity contribution < 1.29 is 14.7 Å². The van der Waals surface area contributed by atoms with Crippen LogP contribution in [0.3, 0.4) is 0 Å². The lowest BCUT2D eigenvalue weighted by Gasteiger charge is -2.27. The SMILES string of the molecule is O=CC1C2CCC(C2)C1CCCCCCC(=O)O.